The number of methoxy groups -OCH3 is 1. The Morgan fingerprint density at radius 2 is 1.79 bits per heavy atom. The van der Waals surface area contributed by atoms with E-state index in [9.17, 15) is 23.2 Å². The summed E-state index contributed by atoms with van der Waals surface area (Å²) in [7, 11) is 1.39. The number of carbonyl (C=O) groups is 1. The number of nitrogens with one attached hydrogen (secondary N) is 1. The first-order valence-corrected chi connectivity index (χ1v) is 9.84. The topological polar surface area (TPSA) is 120 Å². The number of anilines is 2. The van der Waals surface area contributed by atoms with Gasteiger partial charge in [0.25, 0.3) is 11.5 Å². The lowest BCUT2D eigenvalue weighted by atomic mass is 10.1. The van der Waals surface area contributed by atoms with Gasteiger partial charge >= 0.3 is 12.3 Å². The predicted octanol–water partition coefficient (Wildman–Crippen LogP) is 2.06. The fourth-order valence-corrected chi connectivity index (χ4v) is 3.25. The SMILES string of the molecule is COCCN(C(=O)c1ccccc1OC(F)F)c1c(N)n(Cc2ccccc2)c(=O)[nH]c1=O. The first-order valence-electron chi connectivity index (χ1n) is 9.84. The smallest absolute Gasteiger partial charge is 0.387 e. The number of H-pyrrole nitrogens is 1. The molecule has 3 N–H and O–H groups in total. The van der Waals surface area contributed by atoms with Crippen molar-refractivity contribution in [3.8, 4) is 5.75 Å². The van der Waals surface area contributed by atoms with Crippen molar-refractivity contribution in [1.82, 2.24) is 9.55 Å². The number of aromatic amines is 1. The maximum Gasteiger partial charge on any atom is 0.387 e. The highest BCUT2D eigenvalue weighted by Crippen LogP contribution is 2.26. The normalized spacial score (nSPS) is 10.9. The van der Waals surface area contributed by atoms with Crippen LogP contribution in [0.3, 0.4) is 0 Å². The number of hydrogen-bond donors (Lipinski definition) is 2. The van der Waals surface area contributed by atoms with Crippen LogP contribution in [0.15, 0.2) is 64.2 Å². The lowest BCUT2D eigenvalue weighted by Gasteiger charge is -2.25. The number of rotatable bonds is 9. The van der Waals surface area contributed by atoms with Crippen molar-refractivity contribution in [2.24, 2.45) is 0 Å². The predicted molar refractivity (Wildman–Crippen MR) is 118 cm³/mol. The summed E-state index contributed by atoms with van der Waals surface area (Å²) in [5, 5.41) is 0. The second-order valence-corrected chi connectivity index (χ2v) is 6.89. The molecular formula is C22H22F2N4O5. The number of carbonyl (C=O) groups excluding carboxylic acids is 1. The van der Waals surface area contributed by atoms with Gasteiger partial charge in [-0.05, 0) is 17.7 Å². The minimum absolute atomic E-state index is 0.000301. The molecule has 0 aliphatic heterocycles. The number of amides is 1. The number of nitrogens with zero attached hydrogens (tertiary/aromatic N) is 2. The van der Waals surface area contributed by atoms with E-state index in [1.165, 1.54) is 31.4 Å². The first-order chi connectivity index (χ1) is 15.8. The third-order valence-corrected chi connectivity index (χ3v) is 4.77. The highest BCUT2D eigenvalue weighted by atomic mass is 19.3. The van der Waals surface area contributed by atoms with E-state index in [0.717, 1.165) is 15.0 Å². The van der Waals surface area contributed by atoms with E-state index >= 15 is 0 Å². The third kappa shape index (κ3) is 5.44. The second kappa shape index (κ2) is 10.6. The fourth-order valence-electron chi connectivity index (χ4n) is 3.25. The van der Waals surface area contributed by atoms with Crippen LogP contribution in [0.25, 0.3) is 0 Å². The highest BCUT2D eigenvalue weighted by Gasteiger charge is 2.27. The number of nitrogen functional groups attached to an aromatic ring is 1. The number of para-hydroxylation sites is 1. The summed E-state index contributed by atoms with van der Waals surface area (Å²) in [5.74, 6) is -1.46. The average Bonchev–Trinajstić information content (AvgIpc) is 2.79. The van der Waals surface area contributed by atoms with Gasteiger partial charge in [0, 0.05) is 13.7 Å². The Morgan fingerprint density at radius 3 is 2.45 bits per heavy atom. The summed E-state index contributed by atoms with van der Waals surface area (Å²) >= 11 is 0. The van der Waals surface area contributed by atoms with Crippen LogP contribution in [0.5, 0.6) is 5.75 Å². The molecule has 9 nitrogen and oxygen atoms in total. The molecule has 0 unspecified atom stereocenters. The first kappa shape index (κ1) is 23.7. The van der Waals surface area contributed by atoms with E-state index in [2.05, 4.69) is 9.72 Å². The van der Waals surface area contributed by atoms with E-state index in [1.807, 2.05) is 0 Å². The highest BCUT2D eigenvalue weighted by molar-refractivity contribution is 6.08. The molecule has 33 heavy (non-hydrogen) atoms. The summed E-state index contributed by atoms with van der Waals surface area (Å²) in [6.07, 6.45) is 0. The zero-order valence-corrected chi connectivity index (χ0v) is 17.7. The second-order valence-electron chi connectivity index (χ2n) is 6.89. The molecule has 1 heterocycles. The van der Waals surface area contributed by atoms with Gasteiger partial charge in [0.1, 0.15) is 11.6 Å². The van der Waals surface area contributed by atoms with Crippen LogP contribution in [-0.2, 0) is 11.3 Å². The average molecular weight is 460 g/mol. The summed E-state index contributed by atoms with van der Waals surface area (Å²) in [6, 6.07) is 14.3. The molecule has 11 heteroatoms. The van der Waals surface area contributed by atoms with Gasteiger partial charge in [0.15, 0.2) is 5.69 Å². The van der Waals surface area contributed by atoms with Crippen LogP contribution in [0, 0.1) is 0 Å². The zero-order chi connectivity index (χ0) is 24.0. The molecule has 3 rings (SSSR count). The maximum atomic E-state index is 13.4. The number of aromatic nitrogens is 2. The van der Waals surface area contributed by atoms with Gasteiger partial charge in [-0.25, -0.2) is 4.79 Å². The van der Waals surface area contributed by atoms with Crippen molar-refractivity contribution in [2.75, 3.05) is 30.9 Å². The van der Waals surface area contributed by atoms with Crippen molar-refractivity contribution in [2.45, 2.75) is 13.2 Å². The molecule has 0 fully saturated rings. The molecule has 0 spiro atoms. The van der Waals surface area contributed by atoms with E-state index < -0.39 is 23.8 Å². The Kier molecular flexibility index (Phi) is 7.57. The molecule has 1 aromatic heterocycles. The number of alkyl halides is 2. The number of benzene rings is 2. The van der Waals surface area contributed by atoms with Crippen LogP contribution >= 0.6 is 0 Å². The third-order valence-electron chi connectivity index (χ3n) is 4.77. The van der Waals surface area contributed by atoms with Crippen molar-refractivity contribution in [1.29, 1.82) is 0 Å². The summed E-state index contributed by atoms with van der Waals surface area (Å²) in [4.78, 5) is 41.7. The Labute approximate surface area is 187 Å². The fraction of sp³-hybridized carbons (Fsp3) is 0.227. The molecule has 0 atom stereocenters. The van der Waals surface area contributed by atoms with Gasteiger partial charge in [-0.1, -0.05) is 42.5 Å². The Balaban J connectivity index is 2.12. The molecule has 0 saturated heterocycles. The van der Waals surface area contributed by atoms with Crippen molar-refractivity contribution in [3.63, 3.8) is 0 Å². The van der Waals surface area contributed by atoms with E-state index in [4.69, 9.17) is 10.5 Å². The monoisotopic (exact) mass is 460 g/mol. The van der Waals surface area contributed by atoms with Crippen LogP contribution in [0.1, 0.15) is 15.9 Å². The van der Waals surface area contributed by atoms with Gasteiger partial charge in [-0.15, -0.1) is 0 Å². The quantitative estimate of drug-likeness (QED) is 0.505. The van der Waals surface area contributed by atoms with E-state index in [1.54, 1.807) is 30.3 Å². The van der Waals surface area contributed by atoms with Crippen LogP contribution in [-0.4, -0.2) is 42.3 Å². The summed E-state index contributed by atoms with van der Waals surface area (Å²) in [5.41, 5.74) is 4.75. The van der Waals surface area contributed by atoms with Gasteiger partial charge in [0.05, 0.1) is 18.7 Å². The lowest BCUT2D eigenvalue weighted by Crippen LogP contribution is -2.42. The largest absolute Gasteiger partial charge is 0.434 e. The molecule has 0 aliphatic rings. The van der Waals surface area contributed by atoms with Gasteiger partial charge in [-0.3, -0.25) is 24.0 Å². The Hall–Kier alpha value is -3.99. The zero-order valence-electron chi connectivity index (χ0n) is 17.7. The minimum atomic E-state index is -3.16. The number of hydrogen-bond acceptors (Lipinski definition) is 6. The summed E-state index contributed by atoms with van der Waals surface area (Å²) < 4.78 is 36.3. The Morgan fingerprint density at radius 1 is 1.12 bits per heavy atom. The van der Waals surface area contributed by atoms with Crippen LogP contribution in [0.2, 0.25) is 0 Å². The van der Waals surface area contributed by atoms with Crippen molar-refractivity contribution >= 4 is 17.4 Å². The molecule has 0 bridgehead atoms. The Bertz CT molecular complexity index is 1230. The van der Waals surface area contributed by atoms with E-state index in [-0.39, 0.29) is 42.5 Å². The molecule has 1 amide bonds. The van der Waals surface area contributed by atoms with Crippen LogP contribution in [0.4, 0.5) is 20.3 Å². The molecule has 0 radical (unpaired) electrons. The van der Waals surface area contributed by atoms with Crippen molar-refractivity contribution < 1.29 is 23.0 Å². The molecule has 174 valence electrons. The number of ether oxygens (including phenoxy) is 2. The van der Waals surface area contributed by atoms with Gasteiger partial charge in [-0.2, -0.15) is 8.78 Å². The lowest BCUT2D eigenvalue weighted by molar-refractivity contribution is -0.0501. The van der Waals surface area contributed by atoms with Gasteiger partial charge < -0.3 is 15.2 Å². The van der Waals surface area contributed by atoms with Crippen molar-refractivity contribution in [3.05, 3.63) is 86.6 Å². The molecule has 0 aliphatic carbocycles. The molecular weight excluding hydrogens is 438 g/mol. The summed E-state index contributed by atoms with van der Waals surface area (Å²) in [6.45, 7) is -3.27. The molecule has 2 aromatic carbocycles. The standard InChI is InChI=1S/C22H22F2N4O5/c1-32-12-11-27(20(30)15-9-5-6-10-16(15)33-21(23)24)17-18(25)28(22(31)26-19(17)29)13-14-7-3-2-4-8-14/h2-10,21H,11-13,25H2,1H3,(H,26,29,31). The number of nitrogens with two attached hydrogens (primary N) is 1. The minimum Gasteiger partial charge on any atom is -0.434 e. The van der Waals surface area contributed by atoms with Gasteiger partial charge in [0.2, 0.25) is 0 Å². The number of halogens is 2. The van der Waals surface area contributed by atoms with Crippen LogP contribution < -0.4 is 26.6 Å². The maximum absolute atomic E-state index is 13.4. The molecule has 3 aromatic rings. The molecule has 0 saturated carbocycles. The van der Waals surface area contributed by atoms with E-state index in [0.29, 0.717) is 0 Å².